The summed E-state index contributed by atoms with van der Waals surface area (Å²) in [6.45, 7) is 0. The fourth-order valence-electron chi connectivity index (χ4n) is 5.44. The lowest BCUT2D eigenvalue weighted by atomic mass is 9.74. The van der Waals surface area contributed by atoms with Crippen LogP contribution in [0.4, 0.5) is 8.78 Å². The predicted octanol–water partition coefficient (Wildman–Crippen LogP) is 8.24. The van der Waals surface area contributed by atoms with Gasteiger partial charge >= 0.3 is 0 Å². The molecule has 1 aromatic rings. The molecule has 2 saturated carbocycles. The molecule has 3 rings (SSSR count). The Balaban J connectivity index is 1.29. The molecule has 2 aliphatic carbocycles. The van der Waals surface area contributed by atoms with Gasteiger partial charge in [0.15, 0.2) is 11.6 Å². The van der Waals surface area contributed by atoms with Gasteiger partial charge in [-0.05, 0) is 79.9 Å². The average molecular weight is 412 g/mol. The van der Waals surface area contributed by atoms with E-state index < -0.39 is 11.6 Å². The predicted molar refractivity (Wildman–Crippen MR) is 119 cm³/mol. The zero-order valence-electron chi connectivity index (χ0n) is 18.0. The Hall–Kier alpha value is -1.95. The molecular weight excluding hydrogens is 376 g/mol. The molecule has 0 N–H and O–H groups in total. The van der Waals surface area contributed by atoms with Gasteiger partial charge in [0.2, 0.25) is 0 Å². The fraction of sp³-hybridized carbons (Fsp3) is 0.593. The average Bonchev–Trinajstić information content (AvgIpc) is 2.78. The second-order valence-electron chi connectivity index (χ2n) is 9.35. The summed E-state index contributed by atoms with van der Waals surface area (Å²) in [5, 5.41) is 8.46. The summed E-state index contributed by atoms with van der Waals surface area (Å²) in [5.41, 5.74) is 0.974. The van der Waals surface area contributed by atoms with Crippen molar-refractivity contribution in [3.63, 3.8) is 0 Å². The van der Waals surface area contributed by atoms with Gasteiger partial charge in [0.1, 0.15) is 0 Å². The number of allylic oxidation sites excluding steroid dienone is 4. The molecular formula is C27H35F2N. The van der Waals surface area contributed by atoms with Crippen LogP contribution in [0.25, 0.3) is 0 Å². The molecule has 3 heteroatoms. The lowest BCUT2D eigenvalue weighted by Crippen LogP contribution is -2.18. The molecule has 0 atom stereocenters. The number of nitriles is 1. The fourth-order valence-corrected chi connectivity index (χ4v) is 5.44. The third kappa shape index (κ3) is 7.08. The Morgan fingerprint density at radius 3 is 2.00 bits per heavy atom. The van der Waals surface area contributed by atoms with Gasteiger partial charge in [-0.1, -0.05) is 62.8 Å². The smallest absolute Gasteiger partial charge is 0.159 e. The molecule has 0 radical (unpaired) electrons. The minimum absolute atomic E-state index is 0.399. The summed E-state index contributed by atoms with van der Waals surface area (Å²) in [4.78, 5) is 0. The zero-order chi connectivity index (χ0) is 21.2. The van der Waals surface area contributed by atoms with Crippen molar-refractivity contribution in [2.45, 2.75) is 83.0 Å². The van der Waals surface area contributed by atoms with Crippen LogP contribution in [0.2, 0.25) is 0 Å². The molecule has 0 spiro atoms. The van der Waals surface area contributed by atoms with Gasteiger partial charge in [-0.25, -0.2) is 8.78 Å². The monoisotopic (exact) mass is 411 g/mol. The van der Waals surface area contributed by atoms with Crippen LogP contribution < -0.4 is 0 Å². The maximum Gasteiger partial charge on any atom is 0.159 e. The Kier molecular flexibility index (Phi) is 9.12. The van der Waals surface area contributed by atoms with Crippen molar-refractivity contribution in [2.75, 3.05) is 0 Å². The quantitative estimate of drug-likeness (QED) is 0.312. The molecule has 0 aromatic heterocycles. The van der Waals surface area contributed by atoms with Crippen LogP contribution in [0.15, 0.2) is 42.5 Å². The van der Waals surface area contributed by atoms with Crippen LogP contribution in [0.5, 0.6) is 0 Å². The van der Waals surface area contributed by atoms with Crippen molar-refractivity contribution in [3.8, 4) is 6.07 Å². The third-order valence-electron chi connectivity index (χ3n) is 7.37. The van der Waals surface area contributed by atoms with E-state index in [9.17, 15) is 8.78 Å². The Labute approximate surface area is 180 Å². The summed E-state index contributed by atoms with van der Waals surface area (Å²) in [6, 6.07) is 6.44. The molecule has 2 fully saturated rings. The highest BCUT2D eigenvalue weighted by Crippen LogP contribution is 2.40. The Morgan fingerprint density at radius 1 is 0.800 bits per heavy atom. The maximum absolute atomic E-state index is 13.5. The normalized spacial score (nSPS) is 27.5. The van der Waals surface area contributed by atoms with E-state index >= 15 is 0 Å². The minimum atomic E-state index is -0.744. The van der Waals surface area contributed by atoms with E-state index in [1.165, 1.54) is 76.0 Å². The maximum atomic E-state index is 13.5. The standard InChI is InChI=1S/C27H35F2N/c28-26-18-17-25(20-27(26)29)24-15-13-23(14-16-24)12-11-22-9-7-21(8-10-22)6-4-2-1-3-5-19-30/h1-3,5,17-18,20-24H,4,6-16H2/b2-1+,5-3+/t21-,22-,23-,24-. The Bertz CT molecular complexity index is 745. The number of rotatable bonds is 8. The van der Waals surface area contributed by atoms with Crippen LogP contribution in [0.3, 0.4) is 0 Å². The summed E-state index contributed by atoms with van der Waals surface area (Å²) in [6.07, 6.45) is 22.8. The van der Waals surface area contributed by atoms with Crippen molar-refractivity contribution in [2.24, 2.45) is 17.8 Å². The van der Waals surface area contributed by atoms with Gasteiger partial charge in [-0.15, -0.1) is 0 Å². The van der Waals surface area contributed by atoms with Crippen LogP contribution >= 0.6 is 0 Å². The first-order valence-corrected chi connectivity index (χ1v) is 11.8. The van der Waals surface area contributed by atoms with Gasteiger partial charge in [-0.3, -0.25) is 0 Å². The number of nitrogens with zero attached hydrogens (tertiary/aromatic N) is 1. The SMILES string of the molecule is N#C/C=C/C=C/CC[C@H]1CC[C@H](CC[C@H]2CC[C@H](c3ccc(F)c(F)c3)CC2)CC1. The summed E-state index contributed by atoms with van der Waals surface area (Å²) in [7, 11) is 0. The van der Waals surface area contributed by atoms with Crippen LogP contribution in [0.1, 0.15) is 88.5 Å². The van der Waals surface area contributed by atoms with Crippen molar-refractivity contribution < 1.29 is 8.78 Å². The summed E-state index contributed by atoms with van der Waals surface area (Å²) < 4.78 is 26.7. The van der Waals surface area contributed by atoms with Crippen molar-refractivity contribution in [3.05, 3.63) is 59.7 Å². The van der Waals surface area contributed by atoms with E-state index in [2.05, 4.69) is 6.08 Å². The highest BCUT2D eigenvalue weighted by Gasteiger charge is 2.25. The zero-order valence-corrected chi connectivity index (χ0v) is 18.0. The summed E-state index contributed by atoms with van der Waals surface area (Å²) in [5.74, 6) is 1.53. The second kappa shape index (κ2) is 12.0. The topological polar surface area (TPSA) is 23.8 Å². The lowest BCUT2D eigenvalue weighted by molar-refractivity contribution is 0.225. The molecule has 1 aromatic carbocycles. The molecule has 2 aliphatic rings. The first kappa shape index (κ1) is 22.7. The first-order chi connectivity index (χ1) is 14.7. The second-order valence-corrected chi connectivity index (χ2v) is 9.35. The third-order valence-corrected chi connectivity index (χ3v) is 7.37. The molecule has 30 heavy (non-hydrogen) atoms. The molecule has 162 valence electrons. The molecule has 0 heterocycles. The number of benzene rings is 1. The van der Waals surface area contributed by atoms with Crippen molar-refractivity contribution in [1.82, 2.24) is 0 Å². The van der Waals surface area contributed by atoms with E-state index in [1.54, 1.807) is 6.07 Å². The first-order valence-electron chi connectivity index (χ1n) is 11.8. The van der Waals surface area contributed by atoms with Crippen LogP contribution in [-0.2, 0) is 0 Å². The molecule has 0 bridgehead atoms. The number of halogens is 2. The van der Waals surface area contributed by atoms with E-state index in [4.69, 9.17) is 5.26 Å². The van der Waals surface area contributed by atoms with Gasteiger partial charge in [0, 0.05) is 6.08 Å². The van der Waals surface area contributed by atoms with E-state index in [1.807, 2.05) is 18.2 Å². The molecule has 0 amide bonds. The highest BCUT2D eigenvalue weighted by molar-refractivity contribution is 5.22. The van der Waals surface area contributed by atoms with Gasteiger partial charge in [0.25, 0.3) is 0 Å². The molecule has 1 nitrogen and oxygen atoms in total. The number of hydrogen-bond donors (Lipinski definition) is 0. The lowest BCUT2D eigenvalue weighted by Gasteiger charge is -2.32. The van der Waals surface area contributed by atoms with Crippen molar-refractivity contribution >= 4 is 0 Å². The van der Waals surface area contributed by atoms with Gasteiger partial charge in [0.05, 0.1) is 6.07 Å². The van der Waals surface area contributed by atoms with E-state index in [-0.39, 0.29) is 0 Å². The number of hydrogen-bond acceptors (Lipinski definition) is 1. The Morgan fingerprint density at radius 2 is 1.40 bits per heavy atom. The van der Waals surface area contributed by atoms with Crippen LogP contribution in [-0.4, -0.2) is 0 Å². The molecule has 0 unspecified atom stereocenters. The van der Waals surface area contributed by atoms with Crippen molar-refractivity contribution in [1.29, 1.82) is 5.26 Å². The molecule has 0 aliphatic heterocycles. The van der Waals surface area contributed by atoms with Gasteiger partial charge < -0.3 is 0 Å². The van der Waals surface area contributed by atoms with Crippen LogP contribution in [0, 0.1) is 40.7 Å². The summed E-state index contributed by atoms with van der Waals surface area (Å²) >= 11 is 0. The van der Waals surface area contributed by atoms with E-state index in [0.717, 1.165) is 42.6 Å². The highest BCUT2D eigenvalue weighted by atomic mass is 19.2. The van der Waals surface area contributed by atoms with E-state index in [0.29, 0.717) is 5.92 Å². The van der Waals surface area contributed by atoms with Gasteiger partial charge in [-0.2, -0.15) is 5.26 Å². The largest absolute Gasteiger partial charge is 0.204 e. The molecule has 0 saturated heterocycles. The minimum Gasteiger partial charge on any atom is -0.204 e.